The topological polar surface area (TPSA) is 44.5 Å². The van der Waals surface area contributed by atoms with Gasteiger partial charge in [-0.3, -0.25) is 0 Å². The number of ether oxygens (including phenoxy) is 2. The summed E-state index contributed by atoms with van der Waals surface area (Å²) >= 11 is 3.37. The molecule has 17 heavy (non-hydrogen) atoms. The van der Waals surface area contributed by atoms with E-state index in [1.54, 1.807) is 0 Å². The first-order chi connectivity index (χ1) is 7.88. The quantitative estimate of drug-likeness (QED) is 0.913. The zero-order chi connectivity index (χ0) is 12.6. The Kier molecular flexibility index (Phi) is 3.32. The molecule has 1 aromatic rings. The molecule has 0 atom stereocenters. The second kappa shape index (κ2) is 4.46. The Balaban J connectivity index is 2.46. The average molecular weight is 304 g/mol. The summed E-state index contributed by atoms with van der Waals surface area (Å²) in [5.41, 5.74) is 5.97. The molecule has 0 bridgehead atoms. The average Bonchev–Trinajstić information content (AvgIpc) is 2.23. The highest BCUT2D eigenvalue weighted by Gasteiger charge is 2.24. The largest absolute Gasteiger partial charge is 0.486 e. The van der Waals surface area contributed by atoms with Crippen molar-refractivity contribution in [1.82, 2.24) is 0 Å². The van der Waals surface area contributed by atoms with Gasteiger partial charge in [0.15, 0.2) is 11.5 Å². The fourth-order valence-corrected chi connectivity index (χ4v) is 2.41. The monoisotopic (exact) mass is 303 g/mol. The van der Waals surface area contributed by atoms with Crippen LogP contribution in [0.5, 0.6) is 11.5 Å². The van der Waals surface area contributed by atoms with Crippen LogP contribution in [0.1, 0.15) is 19.4 Å². The highest BCUT2D eigenvalue weighted by atomic mass is 79.9. The van der Waals surface area contributed by atoms with Crippen LogP contribution >= 0.6 is 15.9 Å². The van der Waals surface area contributed by atoms with Gasteiger partial charge in [0.2, 0.25) is 0 Å². The SMILES string of the molecule is CC(C)(N)Cc1c(F)cc2c(c1Br)OCCO2. The van der Waals surface area contributed by atoms with Crippen LogP contribution in [0.3, 0.4) is 0 Å². The van der Waals surface area contributed by atoms with Gasteiger partial charge in [-0.15, -0.1) is 0 Å². The molecule has 2 N–H and O–H groups in total. The van der Waals surface area contributed by atoms with E-state index in [4.69, 9.17) is 15.2 Å². The third-order valence-corrected chi connectivity index (χ3v) is 3.29. The maximum Gasteiger partial charge on any atom is 0.176 e. The lowest BCUT2D eigenvalue weighted by atomic mass is 9.95. The molecule has 0 radical (unpaired) electrons. The Bertz CT molecular complexity index is 443. The van der Waals surface area contributed by atoms with Gasteiger partial charge in [0.05, 0.1) is 4.47 Å². The van der Waals surface area contributed by atoms with Crippen molar-refractivity contribution >= 4 is 15.9 Å². The van der Waals surface area contributed by atoms with E-state index in [2.05, 4.69) is 15.9 Å². The smallest absolute Gasteiger partial charge is 0.176 e. The van der Waals surface area contributed by atoms with Gasteiger partial charge in [0.25, 0.3) is 0 Å². The summed E-state index contributed by atoms with van der Waals surface area (Å²) in [7, 11) is 0. The maximum atomic E-state index is 13.9. The number of halogens is 2. The molecular weight excluding hydrogens is 289 g/mol. The molecule has 0 saturated heterocycles. The molecule has 0 saturated carbocycles. The highest BCUT2D eigenvalue weighted by Crippen LogP contribution is 2.41. The fraction of sp³-hybridized carbons (Fsp3) is 0.500. The van der Waals surface area contributed by atoms with Crippen molar-refractivity contribution < 1.29 is 13.9 Å². The summed E-state index contributed by atoms with van der Waals surface area (Å²) < 4.78 is 25.4. The molecule has 0 amide bonds. The first-order valence-electron chi connectivity index (χ1n) is 5.44. The van der Waals surface area contributed by atoms with Crippen molar-refractivity contribution in [3.63, 3.8) is 0 Å². The molecule has 1 heterocycles. The van der Waals surface area contributed by atoms with Gasteiger partial charge in [-0.25, -0.2) is 4.39 Å². The van der Waals surface area contributed by atoms with Gasteiger partial charge in [-0.2, -0.15) is 0 Å². The summed E-state index contributed by atoms with van der Waals surface area (Å²) in [5, 5.41) is 0. The van der Waals surface area contributed by atoms with Gasteiger partial charge in [-0.1, -0.05) is 0 Å². The molecule has 0 fully saturated rings. The molecule has 0 aromatic heterocycles. The molecule has 0 aliphatic carbocycles. The second-order valence-corrected chi connectivity index (χ2v) is 5.63. The maximum absolute atomic E-state index is 13.9. The van der Waals surface area contributed by atoms with Crippen LogP contribution in [-0.4, -0.2) is 18.8 Å². The predicted molar refractivity (Wildman–Crippen MR) is 67.1 cm³/mol. The van der Waals surface area contributed by atoms with Crippen LogP contribution in [0.4, 0.5) is 4.39 Å². The lowest BCUT2D eigenvalue weighted by molar-refractivity contribution is 0.169. The Labute approximate surface area is 108 Å². The summed E-state index contributed by atoms with van der Waals surface area (Å²) in [6.07, 6.45) is 0.427. The summed E-state index contributed by atoms with van der Waals surface area (Å²) in [6.45, 7) is 4.63. The molecule has 2 rings (SSSR count). The van der Waals surface area contributed by atoms with Crippen molar-refractivity contribution in [2.75, 3.05) is 13.2 Å². The Morgan fingerprint density at radius 1 is 1.41 bits per heavy atom. The Morgan fingerprint density at radius 2 is 2.06 bits per heavy atom. The van der Waals surface area contributed by atoms with E-state index in [1.165, 1.54) is 6.07 Å². The van der Waals surface area contributed by atoms with E-state index < -0.39 is 5.54 Å². The van der Waals surface area contributed by atoms with Gasteiger partial charge in [-0.05, 0) is 36.2 Å². The van der Waals surface area contributed by atoms with Crippen LogP contribution in [0, 0.1) is 5.82 Å². The minimum Gasteiger partial charge on any atom is -0.486 e. The number of benzene rings is 1. The summed E-state index contributed by atoms with van der Waals surface area (Å²) in [4.78, 5) is 0. The lowest BCUT2D eigenvalue weighted by Crippen LogP contribution is -2.35. The van der Waals surface area contributed by atoms with E-state index >= 15 is 0 Å². The summed E-state index contributed by atoms with van der Waals surface area (Å²) in [5.74, 6) is 0.691. The zero-order valence-electron chi connectivity index (χ0n) is 9.85. The van der Waals surface area contributed by atoms with Crippen LogP contribution in [0.2, 0.25) is 0 Å². The molecule has 1 aromatic carbocycles. The van der Waals surface area contributed by atoms with Crippen molar-refractivity contribution in [2.45, 2.75) is 25.8 Å². The first-order valence-corrected chi connectivity index (χ1v) is 6.23. The third kappa shape index (κ3) is 2.72. The van der Waals surface area contributed by atoms with E-state index in [9.17, 15) is 4.39 Å². The normalized spacial score (nSPS) is 14.9. The van der Waals surface area contributed by atoms with Gasteiger partial charge in [0, 0.05) is 17.2 Å². The van der Waals surface area contributed by atoms with Crippen LogP contribution in [0.25, 0.3) is 0 Å². The van der Waals surface area contributed by atoms with E-state index in [0.29, 0.717) is 41.2 Å². The highest BCUT2D eigenvalue weighted by molar-refractivity contribution is 9.10. The number of hydrogen-bond acceptors (Lipinski definition) is 3. The molecular formula is C12H15BrFNO2. The molecule has 0 spiro atoms. The van der Waals surface area contributed by atoms with Crippen molar-refractivity contribution in [3.8, 4) is 11.5 Å². The van der Waals surface area contributed by atoms with E-state index in [0.717, 1.165) is 0 Å². The number of fused-ring (bicyclic) bond motifs is 1. The van der Waals surface area contributed by atoms with Crippen molar-refractivity contribution in [3.05, 3.63) is 21.9 Å². The van der Waals surface area contributed by atoms with Crippen molar-refractivity contribution in [1.29, 1.82) is 0 Å². The molecule has 0 unspecified atom stereocenters. The molecule has 5 heteroatoms. The van der Waals surface area contributed by atoms with Gasteiger partial charge in [0.1, 0.15) is 19.0 Å². The fourth-order valence-electron chi connectivity index (χ4n) is 1.77. The first kappa shape index (κ1) is 12.6. The van der Waals surface area contributed by atoms with Gasteiger partial charge >= 0.3 is 0 Å². The minimum absolute atomic E-state index is 0.320. The number of rotatable bonds is 2. The van der Waals surface area contributed by atoms with Crippen molar-refractivity contribution in [2.24, 2.45) is 5.73 Å². The van der Waals surface area contributed by atoms with Gasteiger partial charge < -0.3 is 15.2 Å². The molecule has 94 valence electrons. The Morgan fingerprint density at radius 3 is 2.71 bits per heavy atom. The molecule has 1 aliphatic rings. The second-order valence-electron chi connectivity index (χ2n) is 4.84. The molecule has 3 nitrogen and oxygen atoms in total. The minimum atomic E-state index is -0.479. The molecule has 1 aliphatic heterocycles. The standard InChI is InChI=1S/C12H15BrFNO2/c1-12(2,15)6-7-8(14)5-9-11(10(7)13)17-4-3-16-9/h5H,3-4,6,15H2,1-2H3. The number of nitrogens with two attached hydrogens (primary N) is 1. The van der Waals surface area contributed by atoms with E-state index in [1.807, 2.05) is 13.8 Å². The predicted octanol–water partition coefficient (Wildman–Crippen LogP) is 2.64. The van der Waals surface area contributed by atoms with E-state index in [-0.39, 0.29) is 5.82 Å². The number of hydrogen-bond donors (Lipinski definition) is 1. The zero-order valence-corrected chi connectivity index (χ0v) is 11.4. The van der Waals surface area contributed by atoms with Crippen LogP contribution < -0.4 is 15.2 Å². The van der Waals surface area contributed by atoms with Crippen LogP contribution in [0.15, 0.2) is 10.5 Å². The van der Waals surface area contributed by atoms with Crippen LogP contribution in [-0.2, 0) is 6.42 Å². The summed E-state index contributed by atoms with van der Waals surface area (Å²) in [6, 6.07) is 1.36. The lowest BCUT2D eigenvalue weighted by Gasteiger charge is -2.24. The third-order valence-electron chi connectivity index (χ3n) is 2.45. The Hall–Kier alpha value is -0.810.